The van der Waals surface area contributed by atoms with Crippen molar-refractivity contribution < 1.29 is 4.42 Å². The molecule has 1 spiro atoms. The van der Waals surface area contributed by atoms with Crippen LogP contribution in [0.1, 0.15) is 22.3 Å². The molecule has 300 valence electrons. The number of nitrogens with zero attached hydrogens (tertiary/aromatic N) is 2. The summed E-state index contributed by atoms with van der Waals surface area (Å²) in [4.78, 5) is 4.87. The molecule has 0 bridgehead atoms. The first kappa shape index (κ1) is 36.3. The van der Waals surface area contributed by atoms with E-state index in [-0.39, 0.29) is 0 Å². The number of rotatable bonds is 7. The van der Waals surface area contributed by atoms with Gasteiger partial charge in [-0.1, -0.05) is 170 Å². The zero-order chi connectivity index (χ0) is 42.2. The molecule has 1 heterocycles. The van der Waals surface area contributed by atoms with Crippen molar-refractivity contribution in [2.75, 3.05) is 9.80 Å². The van der Waals surface area contributed by atoms with Crippen molar-refractivity contribution in [2.24, 2.45) is 0 Å². The molecule has 0 amide bonds. The molecule has 1 aromatic heterocycles. The first-order chi connectivity index (χ1) is 31.8. The lowest BCUT2D eigenvalue weighted by Crippen LogP contribution is -2.26. The van der Waals surface area contributed by atoms with Gasteiger partial charge in [0, 0.05) is 44.6 Å². The van der Waals surface area contributed by atoms with Crippen LogP contribution >= 0.6 is 0 Å². The summed E-state index contributed by atoms with van der Waals surface area (Å²) in [6.07, 6.45) is 0. The Morgan fingerprint density at radius 3 is 1.58 bits per heavy atom. The van der Waals surface area contributed by atoms with E-state index in [9.17, 15) is 0 Å². The van der Waals surface area contributed by atoms with E-state index in [0.717, 1.165) is 56.1 Å². The van der Waals surface area contributed by atoms with Crippen molar-refractivity contribution >= 4 is 56.1 Å². The smallest absolute Gasteiger partial charge is 0.135 e. The van der Waals surface area contributed by atoms with Gasteiger partial charge in [-0.25, -0.2) is 0 Å². The SMILES string of the molecule is c1ccc(-c2ccccc2N(c2ccccc2)c2ccc3c(c2)C2(c4ccccc4-3)c3ccccc3-c3c(N(c4ccccc4)c4ccc5oc6ccccc6c5c4)cccc32)cc1. The van der Waals surface area contributed by atoms with E-state index >= 15 is 0 Å². The lowest BCUT2D eigenvalue weighted by atomic mass is 9.70. The maximum Gasteiger partial charge on any atom is 0.135 e. The highest BCUT2D eigenvalue weighted by Crippen LogP contribution is 2.65. The Kier molecular flexibility index (Phi) is 8.13. The van der Waals surface area contributed by atoms with Crippen molar-refractivity contribution in [1.82, 2.24) is 0 Å². The predicted molar refractivity (Wildman–Crippen MR) is 265 cm³/mol. The maximum absolute atomic E-state index is 6.34. The number of hydrogen-bond donors (Lipinski definition) is 0. The fourth-order valence-corrected chi connectivity index (χ4v) is 10.9. The first-order valence-electron chi connectivity index (χ1n) is 22.0. The van der Waals surface area contributed by atoms with Crippen LogP contribution in [0.2, 0.25) is 0 Å². The molecule has 0 fully saturated rings. The van der Waals surface area contributed by atoms with Gasteiger partial charge in [-0.3, -0.25) is 0 Å². The van der Waals surface area contributed by atoms with Gasteiger partial charge in [-0.05, 0) is 117 Å². The highest BCUT2D eigenvalue weighted by atomic mass is 16.3. The van der Waals surface area contributed by atoms with E-state index in [1.807, 2.05) is 12.1 Å². The number of fused-ring (bicyclic) bond motifs is 13. The second-order valence-electron chi connectivity index (χ2n) is 16.8. The Balaban J connectivity index is 1.07. The van der Waals surface area contributed by atoms with E-state index < -0.39 is 5.41 Å². The van der Waals surface area contributed by atoms with E-state index in [1.54, 1.807) is 0 Å². The number of benzene rings is 10. The van der Waals surface area contributed by atoms with E-state index in [2.05, 4.69) is 240 Å². The van der Waals surface area contributed by atoms with Gasteiger partial charge in [-0.2, -0.15) is 0 Å². The van der Waals surface area contributed by atoms with Crippen LogP contribution < -0.4 is 9.80 Å². The third kappa shape index (κ3) is 5.28. The molecule has 3 nitrogen and oxygen atoms in total. The molecule has 0 saturated carbocycles. The van der Waals surface area contributed by atoms with Crippen LogP contribution in [0.25, 0.3) is 55.3 Å². The molecule has 1 atom stereocenters. The molecule has 2 aliphatic rings. The molecular weight excluding hydrogens is 777 g/mol. The second kappa shape index (κ2) is 14.3. The minimum Gasteiger partial charge on any atom is -0.456 e. The Bertz CT molecular complexity index is 3580. The molecule has 0 aliphatic heterocycles. The standard InChI is InChI=1S/C61H40N2O/c1-4-19-41(20-5-1)46-25-12-16-32-56(46)62(42-21-6-2-7-22-42)45-35-37-48-47-26-10-14-29-52(47)61(55(48)40-45)53-30-15-11-28-50(53)60-54(61)31-18-33-57(60)63(43-23-8-3-9-24-43)44-36-38-59-51(39-44)49-27-13-17-34-58(49)64-59/h1-40H. The van der Waals surface area contributed by atoms with Gasteiger partial charge in [-0.15, -0.1) is 0 Å². The summed E-state index contributed by atoms with van der Waals surface area (Å²) in [6, 6.07) is 88.3. The Morgan fingerprint density at radius 1 is 0.297 bits per heavy atom. The van der Waals surface area contributed by atoms with Crippen molar-refractivity contribution in [3.63, 3.8) is 0 Å². The van der Waals surface area contributed by atoms with Crippen LogP contribution in [0.15, 0.2) is 247 Å². The topological polar surface area (TPSA) is 19.6 Å². The molecular formula is C61H40N2O. The van der Waals surface area contributed by atoms with Gasteiger partial charge in [0.1, 0.15) is 11.2 Å². The van der Waals surface area contributed by atoms with Gasteiger partial charge in [0.15, 0.2) is 0 Å². The average Bonchev–Trinajstić information content (AvgIpc) is 3.99. The van der Waals surface area contributed by atoms with Gasteiger partial charge in [0.2, 0.25) is 0 Å². The fraction of sp³-hybridized carbons (Fsp3) is 0.0164. The van der Waals surface area contributed by atoms with Crippen LogP contribution in [-0.2, 0) is 5.41 Å². The monoisotopic (exact) mass is 816 g/mol. The van der Waals surface area contributed by atoms with Crippen molar-refractivity contribution in [2.45, 2.75) is 5.41 Å². The first-order valence-corrected chi connectivity index (χ1v) is 22.0. The molecule has 10 aromatic carbocycles. The third-order valence-corrected chi connectivity index (χ3v) is 13.5. The molecule has 64 heavy (non-hydrogen) atoms. The van der Waals surface area contributed by atoms with Gasteiger partial charge < -0.3 is 14.2 Å². The molecule has 1 unspecified atom stereocenters. The Labute approximate surface area is 372 Å². The minimum atomic E-state index is -0.585. The summed E-state index contributed by atoms with van der Waals surface area (Å²) in [6.45, 7) is 0. The Hall–Kier alpha value is -8.40. The quantitative estimate of drug-likeness (QED) is 0.160. The normalized spacial score (nSPS) is 14.3. The summed E-state index contributed by atoms with van der Waals surface area (Å²) in [5.74, 6) is 0. The van der Waals surface area contributed by atoms with Crippen molar-refractivity contribution in [3.8, 4) is 33.4 Å². The van der Waals surface area contributed by atoms with E-state index in [1.165, 1.54) is 55.6 Å². The fourth-order valence-electron chi connectivity index (χ4n) is 10.9. The third-order valence-electron chi connectivity index (χ3n) is 13.5. The summed E-state index contributed by atoms with van der Waals surface area (Å²) >= 11 is 0. The van der Waals surface area contributed by atoms with Crippen molar-refractivity contribution in [1.29, 1.82) is 0 Å². The number of hydrogen-bond acceptors (Lipinski definition) is 3. The van der Waals surface area contributed by atoms with E-state index in [0.29, 0.717) is 0 Å². The largest absolute Gasteiger partial charge is 0.456 e. The lowest BCUT2D eigenvalue weighted by Gasteiger charge is -2.33. The molecule has 0 N–H and O–H groups in total. The number of furan rings is 1. The highest BCUT2D eigenvalue weighted by molar-refractivity contribution is 6.08. The van der Waals surface area contributed by atoms with Crippen molar-refractivity contribution in [3.05, 3.63) is 265 Å². The van der Waals surface area contributed by atoms with Crippen LogP contribution in [0, 0.1) is 0 Å². The van der Waals surface area contributed by atoms with Crippen LogP contribution in [0.3, 0.4) is 0 Å². The Morgan fingerprint density at radius 2 is 0.812 bits per heavy atom. The molecule has 0 saturated heterocycles. The minimum absolute atomic E-state index is 0.585. The number of para-hydroxylation sites is 4. The van der Waals surface area contributed by atoms with Crippen LogP contribution in [0.4, 0.5) is 34.1 Å². The predicted octanol–water partition coefficient (Wildman–Crippen LogP) is 16.5. The molecule has 13 rings (SSSR count). The lowest BCUT2D eigenvalue weighted by molar-refractivity contribution is 0.669. The zero-order valence-electron chi connectivity index (χ0n) is 34.9. The molecule has 11 aromatic rings. The van der Waals surface area contributed by atoms with Gasteiger partial charge in [0.25, 0.3) is 0 Å². The summed E-state index contributed by atoms with van der Waals surface area (Å²) in [5.41, 5.74) is 20.3. The van der Waals surface area contributed by atoms with E-state index in [4.69, 9.17) is 4.42 Å². The maximum atomic E-state index is 6.34. The van der Waals surface area contributed by atoms with Gasteiger partial charge in [0.05, 0.1) is 16.8 Å². The van der Waals surface area contributed by atoms with Gasteiger partial charge >= 0.3 is 0 Å². The summed E-state index contributed by atoms with van der Waals surface area (Å²) in [7, 11) is 0. The highest BCUT2D eigenvalue weighted by Gasteiger charge is 2.52. The van der Waals surface area contributed by atoms with Crippen LogP contribution in [0.5, 0.6) is 0 Å². The molecule has 2 aliphatic carbocycles. The summed E-state index contributed by atoms with van der Waals surface area (Å²) < 4.78 is 6.34. The number of anilines is 6. The van der Waals surface area contributed by atoms with Crippen LogP contribution in [-0.4, -0.2) is 0 Å². The second-order valence-corrected chi connectivity index (χ2v) is 16.8. The average molecular weight is 817 g/mol. The summed E-state index contributed by atoms with van der Waals surface area (Å²) in [5, 5.41) is 2.21. The molecule has 0 radical (unpaired) electrons. The molecule has 3 heteroatoms. The zero-order valence-corrected chi connectivity index (χ0v) is 34.9.